The van der Waals surface area contributed by atoms with Gasteiger partial charge in [0.15, 0.2) is 0 Å². The molecule has 3 nitrogen and oxygen atoms in total. The molecule has 172 valence electrons. The van der Waals surface area contributed by atoms with E-state index in [0.717, 1.165) is 49.7 Å². The number of carbonyl (C=O) groups is 3. The number of hydrogen-bond acceptors (Lipinski definition) is 3. The molecular formula is C29H38O3. The van der Waals surface area contributed by atoms with Crippen molar-refractivity contribution in [3.63, 3.8) is 0 Å². The minimum absolute atomic E-state index is 0.168. The highest BCUT2D eigenvalue weighted by Crippen LogP contribution is 2.32. The standard InChI is InChI=1S/C29H38O3/c1-23(30)28(3,25-15-7-5-8-16-25)21-13-11-19-27(32)20-12-14-22-29(4,24(2)31)26-17-9-6-10-18-26/h5-10,15-18H,11-14,19-22H2,1-4H3. The van der Waals surface area contributed by atoms with Gasteiger partial charge in [-0.15, -0.1) is 0 Å². The van der Waals surface area contributed by atoms with Gasteiger partial charge in [-0.25, -0.2) is 0 Å². The molecule has 0 N–H and O–H groups in total. The van der Waals surface area contributed by atoms with Crippen LogP contribution in [0, 0.1) is 0 Å². The van der Waals surface area contributed by atoms with Crippen molar-refractivity contribution in [3.8, 4) is 0 Å². The van der Waals surface area contributed by atoms with Gasteiger partial charge in [-0.1, -0.05) is 73.5 Å². The Hall–Kier alpha value is -2.55. The van der Waals surface area contributed by atoms with Crippen LogP contribution in [0.25, 0.3) is 0 Å². The molecule has 2 aromatic carbocycles. The molecule has 0 saturated carbocycles. The summed E-state index contributed by atoms with van der Waals surface area (Å²) in [7, 11) is 0. The van der Waals surface area contributed by atoms with E-state index in [1.807, 2.05) is 74.5 Å². The average Bonchev–Trinajstić information content (AvgIpc) is 2.80. The van der Waals surface area contributed by atoms with Crippen molar-refractivity contribution in [3.05, 3.63) is 71.8 Å². The average molecular weight is 435 g/mol. The second kappa shape index (κ2) is 11.9. The van der Waals surface area contributed by atoms with Crippen molar-refractivity contribution in [2.24, 2.45) is 0 Å². The van der Waals surface area contributed by atoms with Crippen LogP contribution in [0.15, 0.2) is 60.7 Å². The molecule has 0 fully saturated rings. The first-order valence-electron chi connectivity index (χ1n) is 11.8. The molecular weight excluding hydrogens is 396 g/mol. The van der Waals surface area contributed by atoms with Gasteiger partial charge in [0.25, 0.3) is 0 Å². The summed E-state index contributed by atoms with van der Waals surface area (Å²) in [6.45, 7) is 7.32. The molecule has 0 aliphatic heterocycles. The third-order valence-corrected chi connectivity index (χ3v) is 7.14. The first kappa shape index (κ1) is 25.7. The normalized spacial score (nSPS) is 14.9. The van der Waals surface area contributed by atoms with Crippen molar-refractivity contribution in [1.82, 2.24) is 0 Å². The van der Waals surface area contributed by atoms with Gasteiger partial charge in [-0.05, 0) is 64.5 Å². The van der Waals surface area contributed by atoms with E-state index in [-0.39, 0.29) is 17.3 Å². The monoisotopic (exact) mass is 434 g/mol. The Balaban J connectivity index is 1.74. The smallest absolute Gasteiger partial charge is 0.140 e. The highest BCUT2D eigenvalue weighted by Gasteiger charge is 2.32. The Bertz CT molecular complexity index is 814. The molecule has 2 atom stereocenters. The molecule has 0 heterocycles. The van der Waals surface area contributed by atoms with Gasteiger partial charge in [0.05, 0.1) is 10.8 Å². The van der Waals surface area contributed by atoms with Crippen LogP contribution in [0.3, 0.4) is 0 Å². The van der Waals surface area contributed by atoms with E-state index in [0.29, 0.717) is 12.8 Å². The van der Waals surface area contributed by atoms with Gasteiger partial charge in [-0.3, -0.25) is 14.4 Å². The van der Waals surface area contributed by atoms with Crippen LogP contribution in [0.5, 0.6) is 0 Å². The summed E-state index contributed by atoms with van der Waals surface area (Å²) in [5.74, 6) is 0.613. The van der Waals surface area contributed by atoms with E-state index in [9.17, 15) is 14.4 Å². The van der Waals surface area contributed by atoms with E-state index in [2.05, 4.69) is 0 Å². The number of ketones is 3. The lowest BCUT2D eigenvalue weighted by Gasteiger charge is -2.27. The third kappa shape index (κ3) is 6.72. The molecule has 0 aliphatic rings. The lowest BCUT2D eigenvalue weighted by molar-refractivity contribution is -0.123. The molecule has 0 aromatic heterocycles. The van der Waals surface area contributed by atoms with Crippen molar-refractivity contribution in [1.29, 1.82) is 0 Å². The summed E-state index contributed by atoms with van der Waals surface area (Å²) >= 11 is 0. The summed E-state index contributed by atoms with van der Waals surface area (Å²) < 4.78 is 0. The zero-order chi connectivity index (χ0) is 23.6. The lowest BCUT2D eigenvalue weighted by Crippen LogP contribution is -2.30. The number of hydrogen-bond donors (Lipinski definition) is 0. The molecule has 2 aromatic rings. The van der Waals surface area contributed by atoms with Gasteiger partial charge < -0.3 is 0 Å². The number of unbranched alkanes of at least 4 members (excludes halogenated alkanes) is 2. The SMILES string of the molecule is CC(=O)C(C)(CCCCC(=O)CCCCC(C)(C(C)=O)c1ccccc1)c1ccccc1. The van der Waals surface area contributed by atoms with E-state index in [1.54, 1.807) is 13.8 Å². The quantitative estimate of drug-likeness (QED) is 0.308. The van der Waals surface area contributed by atoms with E-state index in [1.165, 1.54) is 0 Å². The molecule has 0 spiro atoms. The Morgan fingerprint density at radius 3 is 1.25 bits per heavy atom. The van der Waals surface area contributed by atoms with E-state index in [4.69, 9.17) is 0 Å². The summed E-state index contributed by atoms with van der Waals surface area (Å²) in [6, 6.07) is 19.8. The molecule has 32 heavy (non-hydrogen) atoms. The van der Waals surface area contributed by atoms with Gasteiger partial charge in [-0.2, -0.15) is 0 Å². The molecule has 0 bridgehead atoms. The lowest BCUT2D eigenvalue weighted by atomic mass is 9.75. The number of carbonyl (C=O) groups excluding carboxylic acids is 3. The molecule has 2 unspecified atom stereocenters. The Labute approximate surface area is 193 Å². The summed E-state index contributed by atoms with van der Waals surface area (Å²) in [5.41, 5.74) is 1.12. The van der Waals surface area contributed by atoms with Crippen LogP contribution in [0.4, 0.5) is 0 Å². The predicted octanol–water partition coefficient (Wildman–Crippen LogP) is 6.77. The highest BCUT2D eigenvalue weighted by atomic mass is 16.1. The van der Waals surface area contributed by atoms with Crippen molar-refractivity contribution < 1.29 is 14.4 Å². The third-order valence-electron chi connectivity index (χ3n) is 7.14. The van der Waals surface area contributed by atoms with Gasteiger partial charge in [0.2, 0.25) is 0 Å². The van der Waals surface area contributed by atoms with Gasteiger partial charge >= 0.3 is 0 Å². The Morgan fingerprint density at radius 1 is 0.594 bits per heavy atom. The Kier molecular flexibility index (Phi) is 9.56. The zero-order valence-electron chi connectivity index (χ0n) is 20.2. The predicted molar refractivity (Wildman–Crippen MR) is 131 cm³/mol. The largest absolute Gasteiger partial charge is 0.300 e. The number of Topliss-reactive ketones (excluding diaryl/α,β-unsaturated/α-hetero) is 3. The van der Waals surface area contributed by atoms with Crippen LogP contribution in [-0.2, 0) is 25.2 Å². The van der Waals surface area contributed by atoms with Crippen LogP contribution < -0.4 is 0 Å². The van der Waals surface area contributed by atoms with Crippen LogP contribution >= 0.6 is 0 Å². The zero-order valence-corrected chi connectivity index (χ0v) is 20.2. The maximum Gasteiger partial charge on any atom is 0.140 e. The van der Waals surface area contributed by atoms with E-state index < -0.39 is 10.8 Å². The maximum absolute atomic E-state index is 12.4. The summed E-state index contributed by atoms with van der Waals surface area (Å²) in [4.78, 5) is 37.0. The molecule has 0 radical (unpaired) electrons. The van der Waals surface area contributed by atoms with Crippen molar-refractivity contribution in [2.45, 2.75) is 89.9 Å². The molecule has 0 saturated heterocycles. The van der Waals surface area contributed by atoms with Crippen LogP contribution in [-0.4, -0.2) is 17.3 Å². The molecule has 0 amide bonds. The first-order valence-corrected chi connectivity index (χ1v) is 11.8. The second-order valence-electron chi connectivity index (χ2n) is 9.46. The molecule has 0 aliphatic carbocycles. The summed E-state index contributed by atoms with van der Waals surface area (Å²) in [6.07, 6.45) is 5.96. The molecule has 3 heteroatoms. The first-order chi connectivity index (χ1) is 15.2. The van der Waals surface area contributed by atoms with Gasteiger partial charge in [0.1, 0.15) is 17.3 Å². The van der Waals surface area contributed by atoms with Crippen LogP contribution in [0.2, 0.25) is 0 Å². The second-order valence-corrected chi connectivity index (χ2v) is 9.46. The summed E-state index contributed by atoms with van der Waals surface area (Å²) in [5, 5.41) is 0. The fourth-order valence-electron chi connectivity index (χ4n) is 4.39. The fourth-order valence-corrected chi connectivity index (χ4v) is 4.39. The maximum atomic E-state index is 12.4. The fraction of sp³-hybridized carbons (Fsp3) is 0.483. The van der Waals surface area contributed by atoms with E-state index >= 15 is 0 Å². The Morgan fingerprint density at radius 2 is 0.938 bits per heavy atom. The van der Waals surface area contributed by atoms with Crippen molar-refractivity contribution >= 4 is 17.3 Å². The number of benzene rings is 2. The minimum Gasteiger partial charge on any atom is -0.300 e. The minimum atomic E-state index is -0.487. The number of rotatable bonds is 14. The van der Waals surface area contributed by atoms with Gasteiger partial charge in [0, 0.05) is 12.8 Å². The molecule has 2 rings (SSSR count). The highest BCUT2D eigenvalue weighted by molar-refractivity contribution is 5.88. The van der Waals surface area contributed by atoms with Crippen LogP contribution in [0.1, 0.15) is 90.2 Å². The van der Waals surface area contributed by atoms with Crippen molar-refractivity contribution in [2.75, 3.05) is 0 Å². The topological polar surface area (TPSA) is 51.2 Å².